The Hall–Kier alpha value is -1.73. The lowest BCUT2D eigenvalue weighted by atomic mass is 10.1. The summed E-state index contributed by atoms with van der Waals surface area (Å²) >= 11 is 0. The van der Waals surface area contributed by atoms with Gasteiger partial charge in [0.1, 0.15) is 5.82 Å². The van der Waals surface area contributed by atoms with E-state index in [0.717, 1.165) is 56.4 Å². The molecule has 3 rings (SSSR count). The fourth-order valence-electron chi connectivity index (χ4n) is 2.74. The van der Waals surface area contributed by atoms with E-state index in [4.69, 9.17) is 4.74 Å². The Morgan fingerprint density at radius 3 is 3.10 bits per heavy atom. The molecule has 3 heterocycles. The molecule has 2 aromatic rings. The molecule has 0 amide bonds. The van der Waals surface area contributed by atoms with Crippen LogP contribution in [-0.2, 0) is 24.8 Å². The molecule has 2 aromatic heterocycles. The summed E-state index contributed by atoms with van der Waals surface area (Å²) in [7, 11) is 1.93. The quantitative estimate of drug-likeness (QED) is 0.792. The molecule has 0 aliphatic carbocycles. The maximum atomic E-state index is 5.39. The highest BCUT2D eigenvalue weighted by molar-refractivity contribution is 5.21. The molecule has 1 N–H and O–H groups in total. The van der Waals surface area contributed by atoms with Crippen molar-refractivity contribution in [1.82, 2.24) is 29.9 Å². The topological polar surface area (TPSA) is 69.8 Å². The van der Waals surface area contributed by atoms with Gasteiger partial charge in [-0.05, 0) is 13.3 Å². The van der Waals surface area contributed by atoms with Crippen LogP contribution in [0.1, 0.15) is 36.6 Å². The fraction of sp³-hybridized carbons (Fsp3) is 0.643. The molecule has 114 valence electrons. The van der Waals surface area contributed by atoms with Gasteiger partial charge in [-0.2, -0.15) is 5.10 Å². The van der Waals surface area contributed by atoms with Crippen LogP contribution in [0.4, 0.5) is 0 Å². The summed E-state index contributed by atoms with van der Waals surface area (Å²) in [4.78, 5) is 0. The van der Waals surface area contributed by atoms with E-state index in [1.54, 1.807) is 0 Å². The number of hydrogen-bond donors (Lipinski definition) is 1. The molecule has 7 nitrogen and oxygen atoms in total. The van der Waals surface area contributed by atoms with Crippen LogP contribution in [0.25, 0.3) is 0 Å². The normalized spacial score (nSPS) is 17.9. The SMILES string of the molecule is CCOCCCc1nnc2n1CCNC2c1cnn(C)c1. The van der Waals surface area contributed by atoms with E-state index in [1.807, 2.05) is 31.0 Å². The van der Waals surface area contributed by atoms with Crippen LogP contribution in [0.2, 0.25) is 0 Å². The molecule has 0 aromatic carbocycles. The van der Waals surface area contributed by atoms with Gasteiger partial charge in [0, 0.05) is 51.5 Å². The first-order valence-electron chi connectivity index (χ1n) is 7.51. The van der Waals surface area contributed by atoms with E-state index in [9.17, 15) is 0 Å². The first-order chi connectivity index (χ1) is 10.3. The van der Waals surface area contributed by atoms with Gasteiger partial charge in [-0.15, -0.1) is 10.2 Å². The number of ether oxygens (including phenoxy) is 1. The van der Waals surface area contributed by atoms with Crippen molar-refractivity contribution in [2.75, 3.05) is 19.8 Å². The summed E-state index contributed by atoms with van der Waals surface area (Å²) in [5, 5.41) is 16.5. The molecular formula is C14H22N6O. The standard InChI is InChI=1S/C14H22N6O/c1-3-21-8-4-5-12-17-18-14-13(15-6-7-20(12)14)11-9-16-19(2)10-11/h9-10,13,15H,3-8H2,1-2H3. The third-order valence-electron chi connectivity index (χ3n) is 3.75. The lowest BCUT2D eigenvalue weighted by Gasteiger charge is -2.24. The molecule has 1 atom stereocenters. The van der Waals surface area contributed by atoms with E-state index in [2.05, 4.69) is 25.2 Å². The number of fused-ring (bicyclic) bond motifs is 1. The van der Waals surface area contributed by atoms with Crippen molar-refractivity contribution in [3.63, 3.8) is 0 Å². The maximum Gasteiger partial charge on any atom is 0.154 e. The van der Waals surface area contributed by atoms with E-state index in [1.165, 1.54) is 0 Å². The molecule has 1 aliphatic rings. The number of hydrogen-bond acceptors (Lipinski definition) is 5. The first kappa shape index (κ1) is 14.2. The Bertz CT molecular complexity index is 590. The van der Waals surface area contributed by atoms with Gasteiger partial charge in [0.25, 0.3) is 0 Å². The van der Waals surface area contributed by atoms with E-state index in [-0.39, 0.29) is 6.04 Å². The average Bonchev–Trinajstić information content (AvgIpc) is 3.10. The van der Waals surface area contributed by atoms with Crippen molar-refractivity contribution >= 4 is 0 Å². The van der Waals surface area contributed by atoms with Gasteiger partial charge in [-0.1, -0.05) is 0 Å². The molecule has 1 unspecified atom stereocenters. The minimum atomic E-state index is 0.0839. The first-order valence-corrected chi connectivity index (χ1v) is 7.51. The molecule has 0 bridgehead atoms. The second-order valence-corrected chi connectivity index (χ2v) is 5.26. The van der Waals surface area contributed by atoms with Crippen molar-refractivity contribution in [2.24, 2.45) is 7.05 Å². The van der Waals surface area contributed by atoms with Crippen LogP contribution in [0.5, 0.6) is 0 Å². The lowest BCUT2D eigenvalue weighted by molar-refractivity contribution is 0.144. The van der Waals surface area contributed by atoms with Crippen LogP contribution >= 0.6 is 0 Å². The minimum absolute atomic E-state index is 0.0839. The van der Waals surface area contributed by atoms with Crippen molar-refractivity contribution in [3.8, 4) is 0 Å². The highest BCUT2D eigenvalue weighted by Crippen LogP contribution is 2.23. The molecule has 7 heteroatoms. The zero-order valence-electron chi connectivity index (χ0n) is 12.6. The largest absolute Gasteiger partial charge is 0.382 e. The van der Waals surface area contributed by atoms with Gasteiger partial charge in [-0.3, -0.25) is 4.68 Å². The number of nitrogens with zero attached hydrogens (tertiary/aromatic N) is 5. The fourth-order valence-corrected chi connectivity index (χ4v) is 2.74. The Balaban J connectivity index is 1.75. The molecule has 0 fully saturated rings. The summed E-state index contributed by atoms with van der Waals surface area (Å²) in [6.07, 6.45) is 5.80. The summed E-state index contributed by atoms with van der Waals surface area (Å²) in [6, 6.07) is 0.0839. The van der Waals surface area contributed by atoms with Crippen LogP contribution in [0, 0.1) is 0 Å². The van der Waals surface area contributed by atoms with Crippen LogP contribution in [-0.4, -0.2) is 44.3 Å². The highest BCUT2D eigenvalue weighted by Gasteiger charge is 2.26. The van der Waals surface area contributed by atoms with Gasteiger partial charge in [0.05, 0.1) is 12.2 Å². The Morgan fingerprint density at radius 1 is 1.43 bits per heavy atom. The van der Waals surface area contributed by atoms with Crippen molar-refractivity contribution in [3.05, 3.63) is 29.6 Å². The molecule has 0 spiro atoms. The van der Waals surface area contributed by atoms with Crippen molar-refractivity contribution < 1.29 is 4.74 Å². The second-order valence-electron chi connectivity index (χ2n) is 5.26. The summed E-state index contributed by atoms with van der Waals surface area (Å²) in [5.41, 5.74) is 1.13. The molecular weight excluding hydrogens is 268 g/mol. The van der Waals surface area contributed by atoms with Crippen LogP contribution < -0.4 is 5.32 Å². The van der Waals surface area contributed by atoms with Gasteiger partial charge in [-0.25, -0.2) is 0 Å². The van der Waals surface area contributed by atoms with E-state index >= 15 is 0 Å². The maximum absolute atomic E-state index is 5.39. The zero-order chi connectivity index (χ0) is 14.7. The number of aryl methyl sites for hydroxylation is 2. The molecule has 21 heavy (non-hydrogen) atoms. The third kappa shape index (κ3) is 2.98. The predicted molar refractivity (Wildman–Crippen MR) is 77.9 cm³/mol. The van der Waals surface area contributed by atoms with Crippen LogP contribution in [0.3, 0.4) is 0 Å². The minimum Gasteiger partial charge on any atom is -0.382 e. The monoisotopic (exact) mass is 290 g/mol. The zero-order valence-corrected chi connectivity index (χ0v) is 12.6. The predicted octanol–water partition coefficient (Wildman–Crippen LogP) is 0.673. The van der Waals surface area contributed by atoms with Gasteiger partial charge < -0.3 is 14.6 Å². The Kier molecular flexibility index (Phi) is 4.31. The van der Waals surface area contributed by atoms with Gasteiger partial charge >= 0.3 is 0 Å². The summed E-state index contributed by atoms with van der Waals surface area (Å²) < 4.78 is 9.44. The highest BCUT2D eigenvalue weighted by atomic mass is 16.5. The smallest absolute Gasteiger partial charge is 0.154 e. The summed E-state index contributed by atoms with van der Waals surface area (Å²) in [5.74, 6) is 2.04. The molecule has 1 aliphatic heterocycles. The molecule has 0 radical (unpaired) electrons. The van der Waals surface area contributed by atoms with E-state index < -0.39 is 0 Å². The second kappa shape index (κ2) is 6.36. The molecule has 0 saturated carbocycles. The summed E-state index contributed by atoms with van der Waals surface area (Å²) in [6.45, 7) is 5.41. The number of aromatic nitrogens is 5. The van der Waals surface area contributed by atoms with Gasteiger partial charge in [0.15, 0.2) is 5.82 Å². The third-order valence-corrected chi connectivity index (χ3v) is 3.75. The lowest BCUT2D eigenvalue weighted by Crippen LogP contribution is -2.34. The van der Waals surface area contributed by atoms with Crippen molar-refractivity contribution in [2.45, 2.75) is 32.4 Å². The van der Waals surface area contributed by atoms with Crippen molar-refractivity contribution in [1.29, 1.82) is 0 Å². The number of nitrogens with one attached hydrogen (secondary N) is 1. The number of rotatable bonds is 6. The van der Waals surface area contributed by atoms with Crippen LogP contribution in [0.15, 0.2) is 12.4 Å². The Labute approximate surface area is 124 Å². The molecule has 0 saturated heterocycles. The van der Waals surface area contributed by atoms with Gasteiger partial charge in [0.2, 0.25) is 0 Å². The average molecular weight is 290 g/mol. The van der Waals surface area contributed by atoms with E-state index in [0.29, 0.717) is 0 Å². The Morgan fingerprint density at radius 2 is 2.33 bits per heavy atom.